The van der Waals surface area contributed by atoms with Gasteiger partial charge in [0.05, 0.1) is 28.8 Å². The van der Waals surface area contributed by atoms with E-state index in [2.05, 4.69) is 10.1 Å². The quantitative estimate of drug-likeness (QED) is 0.529. The molecule has 2 aromatic rings. The van der Waals surface area contributed by atoms with Crippen molar-refractivity contribution >= 4 is 33.5 Å². The number of ether oxygens (including phenoxy) is 2. The van der Waals surface area contributed by atoms with E-state index in [0.717, 1.165) is 10.4 Å². The molecule has 0 saturated heterocycles. The smallest absolute Gasteiger partial charge is 0.427 e. The van der Waals surface area contributed by atoms with Gasteiger partial charge in [0.15, 0.2) is 0 Å². The molecule has 0 spiro atoms. The van der Waals surface area contributed by atoms with Crippen LogP contribution in [0.2, 0.25) is 0 Å². The van der Waals surface area contributed by atoms with Gasteiger partial charge in [-0.1, -0.05) is 6.07 Å². The number of nitrogens with zero attached hydrogens (tertiary/aromatic N) is 2. The zero-order valence-corrected chi connectivity index (χ0v) is 20.4. The summed E-state index contributed by atoms with van der Waals surface area (Å²) in [5.41, 5.74) is -2.84. The van der Waals surface area contributed by atoms with Crippen molar-refractivity contribution in [2.75, 3.05) is 16.2 Å². The third-order valence-electron chi connectivity index (χ3n) is 5.40. The number of anilines is 2. The lowest BCUT2D eigenvalue weighted by Crippen LogP contribution is -2.44. The van der Waals surface area contributed by atoms with E-state index in [-0.39, 0.29) is 47.0 Å². The Balaban J connectivity index is 1.98. The molecule has 2 aromatic carbocycles. The molecule has 3 rings (SSSR count). The summed E-state index contributed by atoms with van der Waals surface area (Å²) in [6.45, 7) is 1.05. The second-order valence-corrected chi connectivity index (χ2v) is 10.4. The highest BCUT2D eigenvalue weighted by atomic mass is 32.2. The molecule has 1 unspecified atom stereocenters. The Morgan fingerprint density at radius 1 is 1.24 bits per heavy atom. The average molecular weight is 542 g/mol. The van der Waals surface area contributed by atoms with Gasteiger partial charge in [0.2, 0.25) is 5.60 Å². The number of nitriles is 1. The molecule has 0 radical (unpaired) electrons. The van der Waals surface area contributed by atoms with E-state index < -0.39 is 40.0 Å². The lowest BCUT2D eigenvalue weighted by Gasteiger charge is -2.35. The highest BCUT2D eigenvalue weighted by molar-refractivity contribution is 7.92. The Hall–Kier alpha value is -3.99. The Kier molecular flexibility index (Phi) is 7.59. The third kappa shape index (κ3) is 6.23. The number of aliphatic carboxylic acids is 1. The van der Waals surface area contributed by atoms with Gasteiger partial charge in [-0.25, -0.2) is 13.2 Å². The zero-order valence-electron chi connectivity index (χ0n) is 19.6. The van der Waals surface area contributed by atoms with Crippen LogP contribution in [0.5, 0.6) is 5.75 Å². The molecule has 1 atom stereocenters. The van der Waals surface area contributed by atoms with Crippen LogP contribution in [0, 0.1) is 11.3 Å². The summed E-state index contributed by atoms with van der Waals surface area (Å²) in [4.78, 5) is 22.9. The first-order valence-electron chi connectivity index (χ1n) is 10.8. The topological polar surface area (TPSA) is 146 Å². The van der Waals surface area contributed by atoms with Gasteiger partial charge >= 0.3 is 18.2 Å². The van der Waals surface area contributed by atoms with E-state index in [4.69, 9.17) is 15.1 Å². The molecule has 1 amide bonds. The minimum Gasteiger partial charge on any atom is -0.486 e. The Labute approximate surface area is 210 Å². The van der Waals surface area contributed by atoms with Crippen LogP contribution in [-0.2, 0) is 19.6 Å². The number of rotatable bonds is 7. The van der Waals surface area contributed by atoms with Crippen molar-refractivity contribution in [2.24, 2.45) is 0 Å². The molecule has 0 aromatic heterocycles. The SMILES string of the molecule is CC(C)(OC(=O)Nc1ccc2c(c1)N(S(=O)(=O)c1cccc(C#N)c1)CC(CCC(=O)O)O2)C(F)(F)F. The van der Waals surface area contributed by atoms with Crippen molar-refractivity contribution in [2.45, 2.75) is 49.5 Å². The first kappa shape index (κ1) is 27.6. The van der Waals surface area contributed by atoms with E-state index in [0.29, 0.717) is 13.8 Å². The Bertz CT molecular complexity index is 1350. The van der Waals surface area contributed by atoms with Gasteiger partial charge in [-0.05, 0) is 56.7 Å². The standard InChI is InChI=1S/C23H22F3N3O7S/c1-22(2,23(24,25)26)36-21(32)28-15-6-8-19-18(11-15)29(13-16(35-19)7-9-20(30)31)37(33,34)17-5-3-4-14(10-17)12-27/h3-6,8,10-11,16H,7,9,13H2,1-2H3,(H,28,32)(H,30,31). The molecule has 2 N–H and O–H groups in total. The molecule has 0 fully saturated rings. The van der Waals surface area contributed by atoms with Crippen LogP contribution in [0.1, 0.15) is 32.3 Å². The summed E-state index contributed by atoms with van der Waals surface area (Å²) in [5, 5.41) is 20.3. The van der Waals surface area contributed by atoms with Crippen molar-refractivity contribution in [3.05, 3.63) is 48.0 Å². The van der Waals surface area contributed by atoms with Crippen LogP contribution in [0.25, 0.3) is 0 Å². The van der Waals surface area contributed by atoms with Gasteiger partial charge in [-0.2, -0.15) is 18.4 Å². The number of sulfonamides is 1. The maximum Gasteiger partial charge on any atom is 0.427 e. The zero-order chi connectivity index (χ0) is 27.6. The minimum atomic E-state index is -4.83. The van der Waals surface area contributed by atoms with Crippen LogP contribution in [0.4, 0.5) is 29.3 Å². The summed E-state index contributed by atoms with van der Waals surface area (Å²) >= 11 is 0. The molecule has 198 valence electrons. The van der Waals surface area contributed by atoms with Crippen LogP contribution in [0.15, 0.2) is 47.4 Å². The summed E-state index contributed by atoms with van der Waals surface area (Å²) in [6, 6.07) is 10.8. The Morgan fingerprint density at radius 3 is 2.57 bits per heavy atom. The second kappa shape index (κ2) is 10.2. The predicted molar refractivity (Wildman–Crippen MR) is 124 cm³/mol. The van der Waals surface area contributed by atoms with E-state index >= 15 is 0 Å². The van der Waals surface area contributed by atoms with Gasteiger partial charge in [-0.3, -0.25) is 14.4 Å². The summed E-state index contributed by atoms with van der Waals surface area (Å²) in [5.74, 6) is -1.07. The molecule has 1 heterocycles. The highest BCUT2D eigenvalue weighted by Crippen LogP contribution is 2.40. The van der Waals surface area contributed by atoms with E-state index in [1.54, 1.807) is 0 Å². The maximum atomic E-state index is 13.5. The molecule has 0 aliphatic carbocycles. The van der Waals surface area contributed by atoms with Crippen molar-refractivity contribution in [3.63, 3.8) is 0 Å². The normalized spacial score (nSPS) is 15.7. The number of hydrogen-bond acceptors (Lipinski definition) is 7. The van der Waals surface area contributed by atoms with E-state index in [1.807, 2.05) is 6.07 Å². The number of carbonyl (C=O) groups excluding carboxylic acids is 1. The summed E-state index contributed by atoms with van der Waals surface area (Å²) < 4.78 is 77.4. The average Bonchev–Trinajstić information content (AvgIpc) is 2.81. The number of hydrogen-bond donors (Lipinski definition) is 2. The highest BCUT2D eigenvalue weighted by Gasteiger charge is 2.51. The van der Waals surface area contributed by atoms with Crippen molar-refractivity contribution in [3.8, 4) is 11.8 Å². The third-order valence-corrected chi connectivity index (χ3v) is 7.17. The Morgan fingerprint density at radius 2 is 1.95 bits per heavy atom. The van der Waals surface area contributed by atoms with Crippen LogP contribution in [0.3, 0.4) is 0 Å². The first-order chi connectivity index (χ1) is 17.1. The first-order valence-corrected chi connectivity index (χ1v) is 12.2. The fraction of sp³-hybridized carbons (Fsp3) is 0.348. The molecule has 10 nitrogen and oxygen atoms in total. The molecular weight excluding hydrogens is 519 g/mol. The van der Waals surface area contributed by atoms with Gasteiger partial charge in [0.25, 0.3) is 10.0 Å². The van der Waals surface area contributed by atoms with Crippen LogP contribution in [-0.4, -0.2) is 50.0 Å². The number of fused-ring (bicyclic) bond motifs is 1. The molecule has 14 heteroatoms. The van der Waals surface area contributed by atoms with Gasteiger partial charge in [-0.15, -0.1) is 0 Å². The molecular formula is C23H22F3N3O7S. The van der Waals surface area contributed by atoms with E-state index in [1.165, 1.54) is 36.4 Å². The number of nitrogens with one attached hydrogen (secondary N) is 1. The lowest BCUT2D eigenvalue weighted by atomic mass is 10.1. The van der Waals surface area contributed by atoms with Crippen molar-refractivity contribution in [1.29, 1.82) is 5.26 Å². The number of alkyl halides is 3. The lowest BCUT2D eigenvalue weighted by molar-refractivity contribution is -0.242. The largest absolute Gasteiger partial charge is 0.486 e. The minimum absolute atomic E-state index is 0.0160. The van der Waals surface area contributed by atoms with Crippen molar-refractivity contribution in [1.82, 2.24) is 0 Å². The monoisotopic (exact) mass is 541 g/mol. The number of carboxylic acid groups (broad SMARTS) is 1. The molecule has 0 saturated carbocycles. The maximum absolute atomic E-state index is 13.5. The van der Waals surface area contributed by atoms with Gasteiger partial charge in [0.1, 0.15) is 11.9 Å². The molecule has 37 heavy (non-hydrogen) atoms. The number of carboxylic acids is 1. The molecule has 0 bridgehead atoms. The fourth-order valence-electron chi connectivity index (χ4n) is 3.34. The van der Waals surface area contributed by atoms with Gasteiger partial charge < -0.3 is 14.6 Å². The van der Waals surface area contributed by atoms with E-state index in [9.17, 15) is 31.2 Å². The summed E-state index contributed by atoms with van der Waals surface area (Å²) in [6.07, 6.45) is -7.40. The number of amides is 1. The van der Waals surface area contributed by atoms with Crippen LogP contribution >= 0.6 is 0 Å². The number of benzene rings is 2. The summed E-state index contributed by atoms with van der Waals surface area (Å²) in [7, 11) is -4.31. The van der Waals surface area contributed by atoms with Crippen LogP contribution < -0.4 is 14.4 Å². The van der Waals surface area contributed by atoms with Gasteiger partial charge in [0, 0.05) is 12.1 Å². The predicted octanol–water partition coefficient (Wildman–Crippen LogP) is 4.27. The molecule has 1 aliphatic rings. The molecule has 1 aliphatic heterocycles. The fourth-order valence-corrected chi connectivity index (χ4v) is 4.88. The second-order valence-electron chi connectivity index (χ2n) is 8.55. The number of carbonyl (C=O) groups is 2. The number of halogens is 3. The van der Waals surface area contributed by atoms with Crippen molar-refractivity contribution < 1.29 is 45.8 Å².